The van der Waals surface area contributed by atoms with Gasteiger partial charge in [0.05, 0.1) is 22.5 Å². The summed E-state index contributed by atoms with van der Waals surface area (Å²) in [7, 11) is 0. The third-order valence-corrected chi connectivity index (χ3v) is 4.60. The summed E-state index contributed by atoms with van der Waals surface area (Å²) in [5.41, 5.74) is 0.477. The summed E-state index contributed by atoms with van der Waals surface area (Å²) < 4.78 is 26.9. The summed E-state index contributed by atoms with van der Waals surface area (Å²) in [5, 5.41) is 2.96. The van der Waals surface area contributed by atoms with Gasteiger partial charge >= 0.3 is 0 Å². The number of H-pyrrole nitrogens is 1. The molecule has 1 heterocycles. The number of nitrogens with zero attached hydrogens (tertiary/aromatic N) is 1. The van der Waals surface area contributed by atoms with Gasteiger partial charge in [-0.05, 0) is 32.0 Å². The molecule has 0 radical (unpaired) electrons. The number of carbonyl (C=O) groups is 1. The molecule has 2 N–H and O–H groups in total. The molecule has 0 saturated carbocycles. The highest BCUT2D eigenvalue weighted by molar-refractivity contribution is 6.34. The molecular weight excluding hydrogens is 376 g/mol. The standard InChI is InChI=1S/C19H16ClF2N3O2/c1-9(16-19(27)24-15-5-3-4-13(20)17(15)25-16)18(26)23-10(2)12-7-6-11(21)8-14(12)22/h3-10H,1-2H3,(H,23,26)(H,24,27)/t9-,10+/m1/s1. The number of aromatic amines is 1. The van der Waals surface area contributed by atoms with Crippen molar-refractivity contribution in [2.75, 3.05) is 0 Å². The maximum absolute atomic E-state index is 13.9. The maximum Gasteiger partial charge on any atom is 0.270 e. The number of nitrogens with one attached hydrogen (secondary N) is 2. The Kier molecular flexibility index (Phi) is 5.23. The Balaban J connectivity index is 1.87. The van der Waals surface area contributed by atoms with Crippen LogP contribution in [0, 0.1) is 11.6 Å². The Labute approximate surface area is 158 Å². The molecule has 0 unspecified atom stereocenters. The molecule has 0 aliphatic rings. The molecule has 2 atom stereocenters. The minimum Gasteiger partial charge on any atom is -0.349 e. The second-order valence-corrected chi connectivity index (χ2v) is 6.61. The first-order valence-electron chi connectivity index (χ1n) is 8.21. The van der Waals surface area contributed by atoms with E-state index < -0.39 is 35.1 Å². The van der Waals surface area contributed by atoms with E-state index in [0.29, 0.717) is 16.1 Å². The Morgan fingerprint density at radius 3 is 2.67 bits per heavy atom. The zero-order valence-electron chi connectivity index (χ0n) is 14.5. The van der Waals surface area contributed by atoms with Gasteiger partial charge in [-0.1, -0.05) is 23.7 Å². The molecule has 0 fully saturated rings. The lowest BCUT2D eigenvalue weighted by Crippen LogP contribution is -2.34. The second kappa shape index (κ2) is 7.44. The van der Waals surface area contributed by atoms with Crippen molar-refractivity contribution in [2.24, 2.45) is 0 Å². The summed E-state index contributed by atoms with van der Waals surface area (Å²) in [6, 6.07) is 7.37. The highest BCUT2D eigenvalue weighted by Gasteiger charge is 2.23. The smallest absolute Gasteiger partial charge is 0.270 e. The minimum atomic E-state index is -0.902. The van der Waals surface area contributed by atoms with Gasteiger partial charge in [-0.2, -0.15) is 0 Å². The Hall–Kier alpha value is -2.80. The predicted octanol–water partition coefficient (Wildman–Crippen LogP) is 3.84. The van der Waals surface area contributed by atoms with Crippen LogP contribution < -0.4 is 10.9 Å². The van der Waals surface area contributed by atoms with Crippen LogP contribution in [0.5, 0.6) is 0 Å². The molecule has 0 spiro atoms. The molecule has 8 heteroatoms. The van der Waals surface area contributed by atoms with Gasteiger partial charge in [0, 0.05) is 11.6 Å². The molecule has 5 nitrogen and oxygen atoms in total. The lowest BCUT2D eigenvalue weighted by atomic mass is 10.0. The third kappa shape index (κ3) is 3.83. The van der Waals surface area contributed by atoms with Crippen LogP contribution in [0.3, 0.4) is 0 Å². The fourth-order valence-electron chi connectivity index (χ4n) is 2.77. The fraction of sp³-hybridized carbons (Fsp3) is 0.211. The molecule has 3 aromatic rings. The van der Waals surface area contributed by atoms with Crippen molar-refractivity contribution in [1.82, 2.24) is 15.3 Å². The maximum atomic E-state index is 13.9. The lowest BCUT2D eigenvalue weighted by Gasteiger charge is -2.18. The third-order valence-electron chi connectivity index (χ3n) is 4.29. The summed E-state index contributed by atoms with van der Waals surface area (Å²) in [4.78, 5) is 31.7. The van der Waals surface area contributed by atoms with E-state index in [2.05, 4.69) is 15.3 Å². The number of amides is 1. The molecule has 0 bridgehead atoms. The largest absolute Gasteiger partial charge is 0.349 e. The predicted molar refractivity (Wildman–Crippen MR) is 98.7 cm³/mol. The zero-order chi connectivity index (χ0) is 19.7. The fourth-order valence-corrected chi connectivity index (χ4v) is 2.99. The number of para-hydroxylation sites is 1. The minimum absolute atomic E-state index is 0.000113. The van der Waals surface area contributed by atoms with E-state index in [0.717, 1.165) is 12.1 Å². The van der Waals surface area contributed by atoms with Gasteiger partial charge in [-0.3, -0.25) is 9.59 Å². The van der Waals surface area contributed by atoms with E-state index in [1.165, 1.54) is 13.0 Å². The summed E-state index contributed by atoms with van der Waals surface area (Å²) in [6.45, 7) is 3.08. The number of hydrogen-bond donors (Lipinski definition) is 2. The number of fused-ring (bicyclic) bond motifs is 1. The van der Waals surface area contributed by atoms with Crippen molar-refractivity contribution < 1.29 is 13.6 Å². The van der Waals surface area contributed by atoms with E-state index in [-0.39, 0.29) is 11.3 Å². The van der Waals surface area contributed by atoms with Gasteiger partial charge in [0.25, 0.3) is 5.56 Å². The normalized spacial score (nSPS) is 13.4. The zero-order valence-corrected chi connectivity index (χ0v) is 15.3. The summed E-state index contributed by atoms with van der Waals surface area (Å²) >= 11 is 6.10. The molecule has 27 heavy (non-hydrogen) atoms. The van der Waals surface area contributed by atoms with Crippen molar-refractivity contribution in [2.45, 2.75) is 25.8 Å². The molecule has 3 rings (SSSR count). The Bertz CT molecular complexity index is 1080. The van der Waals surface area contributed by atoms with Crippen LogP contribution in [0.25, 0.3) is 11.0 Å². The van der Waals surface area contributed by atoms with Crippen LogP contribution in [-0.2, 0) is 4.79 Å². The van der Waals surface area contributed by atoms with Gasteiger partial charge in [0.15, 0.2) is 0 Å². The first-order valence-corrected chi connectivity index (χ1v) is 8.59. The molecule has 0 aliphatic heterocycles. The lowest BCUT2D eigenvalue weighted by molar-refractivity contribution is -0.122. The average molecular weight is 392 g/mol. The average Bonchev–Trinajstić information content (AvgIpc) is 2.60. The van der Waals surface area contributed by atoms with Gasteiger partial charge < -0.3 is 10.3 Å². The van der Waals surface area contributed by atoms with Crippen LogP contribution in [0.2, 0.25) is 5.02 Å². The van der Waals surface area contributed by atoms with Crippen LogP contribution >= 0.6 is 11.6 Å². The monoisotopic (exact) mass is 391 g/mol. The molecule has 140 valence electrons. The first kappa shape index (κ1) is 19.0. The number of halogens is 3. The quantitative estimate of drug-likeness (QED) is 0.709. The van der Waals surface area contributed by atoms with Crippen molar-refractivity contribution in [3.63, 3.8) is 0 Å². The van der Waals surface area contributed by atoms with Crippen molar-refractivity contribution in [1.29, 1.82) is 0 Å². The second-order valence-electron chi connectivity index (χ2n) is 6.20. The van der Waals surface area contributed by atoms with Crippen molar-refractivity contribution in [3.05, 3.63) is 74.7 Å². The van der Waals surface area contributed by atoms with E-state index in [9.17, 15) is 18.4 Å². The van der Waals surface area contributed by atoms with Crippen LogP contribution in [-0.4, -0.2) is 15.9 Å². The number of carbonyl (C=O) groups excluding carboxylic acids is 1. The Morgan fingerprint density at radius 2 is 1.96 bits per heavy atom. The van der Waals surface area contributed by atoms with Crippen LogP contribution in [0.1, 0.15) is 37.1 Å². The molecule has 1 amide bonds. The van der Waals surface area contributed by atoms with E-state index in [4.69, 9.17) is 11.6 Å². The van der Waals surface area contributed by atoms with Crippen LogP contribution in [0.4, 0.5) is 8.78 Å². The van der Waals surface area contributed by atoms with E-state index >= 15 is 0 Å². The van der Waals surface area contributed by atoms with Gasteiger partial charge in [-0.15, -0.1) is 0 Å². The van der Waals surface area contributed by atoms with Crippen molar-refractivity contribution >= 4 is 28.5 Å². The highest BCUT2D eigenvalue weighted by Crippen LogP contribution is 2.22. The topological polar surface area (TPSA) is 74.8 Å². The SMILES string of the molecule is C[C@H](NC(=O)[C@H](C)c1nc2c(Cl)cccc2[nH]c1=O)c1ccc(F)cc1F. The number of benzene rings is 2. The van der Waals surface area contributed by atoms with Gasteiger partial charge in [-0.25, -0.2) is 13.8 Å². The number of aromatic nitrogens is 2. The van der Waals surface area contributed by atoms with Gasteiger partial charge in [0.2, 0.25) is 5.91 Å². The summed E-state index contributed by atoms with van der Waals surface area (Å²) in [5.74, 6) is -2.88. The van der Waals surface area contributed by atoms with E-state index in [1.807, 2.05) is 0 Å². The highest BCUT2D eigenvalue weighted by atomic mass is 35.5. The molecule has 0 aliphatic carbocycles. The molecule has 0 saturated heterocycles. The number of rotatable bonds is 4. The summed E-state index contributed by atoms with van der Waals surface area (Å²) in [6.07, 6.45) is 0. The molecule has 2 aromatic carbocycles. The number of hydrogen-bond acceptors (Lipinski definition) is 3. The molecule has 1 aromatic heterocycles. The Morgan fingerprint density at radius 1 is 1.22 bits per heavy atom. The van der Waals surface area contributed by atoms with Gasteiger partial charge in [0.1, 0.15) is 22.8 Å². The van der Waals surface area contributed by atoms with E-state index in [1.54, 1.807) is 25.1 Å². The first-order chi connectivity index (χ1) is 12.8. The van der Waals surface area contributed by atoms with Crippen LogP contribution in [0.15, 0.2) is 41.2 Å². The molecular formula is C19H16ClF2N3O2. The van der Waals surface area contributed by atoms with Crippen molar-refractivity contribution in [3.8, 4) is 0 Å².